The number of rotatable bonds is 38. The zero-order valence-electron chi connectivity index (χ0n) is 37.3. The number of hydrogen-bond acceptors (Lipinski definition) is 8. The zero-order valence-corrected chi connectivity index (χ0v) is 38.2. The molecule has 0 aliphatic rings. The van der Waals surface area contributed by atoms with E-state index in [9.17, 15) is 24.2 Å². The van der Waals surface area contributed by atoms with E-state index < -0.39 is 32.5 Å². The third-order valence-electron chi connectivity index (χ3n) is 8.67. The summed E-state index contributed by atoms with van der Waals surface area (Å²) in [7, 11) is 1.39. The van der Waals surface area contributed by atoms with E-state index in [0.29, 0.717) is 30.3 Å². The molecule has 0 aromatic heterocycles. The molecule has 0 aliphatic carbocycles. The molecule has 2 N–H and O–H groups in total. The van der Waals surface area contributed by atoms with Crippen molar-refractivity contribution in [1.29, 1.82) is 0 Å². The number of phosphoric acid groups is 1. The highest BCUT2D eigenvalue weighted by atomic mass is 31.2. The van der Waals surface area contributed by atoms with Crippen molar-refractivity contribution in [2.75, 3.05) is 47.5 Å². The number of allylic oxidation sites excluding steroid dienone is 15. The monoisotopic (exact) mass is 847 g/mol. The molecule has 0 radical (unpaired) electrons. The van der Waals surface area contributed by atoms with Gasteiger partial charge in [0.05, 0.1) is 33.9 Å². The number of nitrogens with zero attached hydrogens (tertiary/aromatic N) is 1. The van der Waals surface area contributed by atoms with Gasteiger partial charge in [0.2, 0.25) is 0 Å². The van der Waals surface area contributed by atoms with E-state index >= 15 is 0 Å². The molecule has 0 aliphatic heterocycles. The fraction of sp³-hybridized carbons (Fsp3) is 0.625. The molecule has 3 atom stereocenters. The van der Waals surface area contributed by atoms with Crippen LogP contribution in [-0.2, 0) is 32.7 Å². The minimum atomic E-state index is -4.41. The second kappa shape index (κ2) is 39.1. The summed E-state index contributed by atoms with van der Waals surface area (Å²) in [6.45, 7) is 4.01. The van der Waals surface area contributed by atoms with Crippen molar-refractivity contribution in [2.24, 2.45) is 0 Å². The fourth-order valence-corrected chi connectivity index (χ4v) is 5.93. The van der Waals surface area contributed by atoms with Crippen molar-refractivity contribution in [2.45, 2.75) is 148 Å². The largest absolute Gasteiger partial charge is 0.472 e. The van der Waals surface area contributed by atoms with Crippen LogP contribution in [0.3, 0.4) is 0 Å². The summed E-state index contributed by atoms with van der Waals surface area (Å²) in [6.07, 6.45) is 48.0. The lowest BCUT2D eigenvalue weighted by Gasteiger charge is -2.24. The van der Waals surface area contributed by atoms with Gasteiger partial charge >= 0.3 is 19.8 Å². The number of aliphatic hydroxyl groups excluding tert-OH is 1. The van der Waals surface area contributed by atoms with Gasteiger partial charge in [-0.05, 0) is 83.5 Å². The van der Waals surface area contributed by atoms with Crippen molar-refractivity contribution in [1.82, 2.24) is 0 Å². The number of quaternary nitrogens is 1. The van der Waals surface area contributed by atoms with Crippen LogP contribution in [0.2, 0.25) is 0 Å². The molecule has 336 valence electrons. The second-order valence-electron chi connectivity index (χ2n) is 15.5. The number of phosphoric ester groups is 1. The van der Waals surface area contributed by atoms with Crippen LogP contribution in [0.25, 0.3) is 0 Å². The number of unbranched alkanes of at least 4 members (excludes halogenated alkanes) is 6. The van der Waals surface area contributed by atoms with E-state index in [1.807, 2.05) is 39.4 Å². The Labute approximate surface area is 358 Å². The molecular weight excluding hydrogens is 766 g/mol. The van der Waals surface area contributed by atoms with Crippen LogP contribution in [0.1, 0.15) is 136 Å². The lowest BCUT2D eigenvalue weighted by Crippen LogP contribution is -2.37. The van der Waals surface area contributed by atoms with Crippen molar-refractivity contribution in [3.63, 3.8) is 0 Å². The summed E-state index contributed by atoms with van der Waals surface area (Å²) in [4.78, 5) is 35.4. The zero-order chi connectivity index (χ0) is 43.7. The van der Waals surface area contributed by atoms with Crippen molar-refractivity contribution in [3.05, 3.63) is 97.2 Å². The van der Waals surface area contributed by atoms with Gasteiger partial charge in [-0.1, -0.05) is 137 Å². The molecule has 59 heavy (non-hydrogen) atoms. The van der Waals surface area contributed by atoms with E-state index in [2.05, 4.69) is 92.8 Å². The summed E-state index contributed by atoms with van der Waals surface area (Å²) < 4.78 is 34.2. The first-order valence-corrected chi connectivity index (χ1v) is 23.5. The van der Waals surface area contributed by atoms with Crippen LogP contribution in [0, 0.1) is 0 Å². The summed E-state index contributed by atoms with van der Waals surface area (Å²) in [6, 6.07) is 0. The van der Waals surface area contributed by atoms with Crippen LogP contribution < -0.4 is 0 Å². The molecule has 0 bridgehead atoms. The first-order chi connectivity index (χ1) is 28.4. The number of hydrogen-bond donors (Lipinski definition) is 2. The van der Waals surface area contributed by atoms with E-state index in [-0.39, 0.29) is 32.2 Å². The lowest BCUT2D eigenvalue weighted by molar-refractivity contribution is -0.870. The van der Waals surface area contributed by atoms with E-state index in [4.69, 9.17) is 18.5 Å². The van der Waals surface area contributed by atoms with Crippen LogP contribution >= 0.6 is 7.82 Å². The molecular formula is C48H81NO9P+. The summed E-state index contributed by atoms with van der Waals surface area (Å²) in [5, 5.41) is 9.82. The van der Waals surface area contributed by atoms with Crippen molar-refractivity contribution < 1.29 is 47.2 Å². The first-order valence-electron chi connectivity index (χ1n) is 22.1. The summed E-state index contributed by atoms with van der Waals surface area (Å²) >= 11 is 0. The molecule has 0 aromatic rings. The molecule has 0 spiro atoms. The van der Waals surface area contributed by atoms with Gasteiger partial charge in [-0.2, -0.15) is 0 Å². The number of aliphatic hydroxyl groups is 1. The van der Waals surface area contributed by atoms with E-state index in [0.717, 1.165) is 89.9 Å². The Kier molecular flexibility index (Phi) is 37.0. The van der Waals surface area contributed by atoms with Crippen LogP contribution in [0.15, 0.2) is 97.2 Å². The topological polar surface area (TPSA) is 129 Å². The van der Waals surface area contributed by atoms with E-state index in [1.165, 1.54) is 0 Å². The van der Waals surface area contributed by atoms with Crippen LogP contribution in [-0.4, -0.2) is 86.1 Å². The third kappa shape index (κ3) is 42.8. The molecule has 1 unspecified atom stereocenters. The summed E-state index contributed by atoms with van der Waals surface area (Å²) in [5.41, 5.74) is 0. The van der Waals surface area contributed by atoms with E-state index in [1.54, 1.807) is 0 Å². The minimum Gasteiger partial charge on any atom is -0.462 e. The Morgan fingerprint density at radius 3 is 1.68 bits per heavy atom. The average molecular weight is 847 g/mol. The normalized spacial score (nSPS) is 15.0. The Morgan fingerprint density at radius 2 is 1.12 bits per heavy atom. The Balaban J connectivity index is 4.55. The molecule has 0 aromatic carbocycles. The van der Waals surface area contributed by atoms with Gasteiger partial charge in [0.25, 0.3) is 0 Å². The highest BCUT2D eigenvalue weighted by molar-refractivity contribution is 7.47. The molecule has 0 saturated heterocycles. The Morgan fingerprint density at radius 1 is 0.610 bits per heavy atom. The van der Waals surface area contributed by atoms with Crippen LogP contribution in [0.5, 0.6) is 0 Å². The minimum absolute atomic E-state index is 0.00543. The van der Waals surface area contributed by atoms with Gasteiger partial charge in [-0.15, -0.1) is 0 Å². The van der Waals surface area contributed by atoms with Gasteiger partial charge in [-0.25, -0.2) is 4.57 Å². The van der Waals surface area contributed by atoms with Crippen molar-refractivity contribution >= 4 is 19.8 Å². The SMILES string of the molecule is CC/C=C\C/C=C\C/C=C\C/C=C\CCCCCCC(=O)O[C@H](COC(=O)CCC/C=C\C/C=C\C/C=C\C/C=C\[C@@H](O)CCCC)COP(=O)(O)OCC[N+](C)(C)C. The average Bonchev–Trinajstić information content (AvgIpc) is 3.18. The van der Waals surface area contributed by atoms with Crippen LogP contribution in [0.4, 0.5) is 0 Å². The molecule has 11 heteroatoms. The molecule has 0 amide bonds. The molecule has 0 saturated carbocycles. The third-order valence-corrected chi connectivity index (χ3v) is 9.65. The Bertz CT molecular complexity index is 1340. The molecule has 10 nitrogen and oxygen atoms in total. The van der Waals surface area contributed by atoms with Gasteiger partial charge in [-0.3, -0.25) is 18.6 Å². The number of carbonyl (C=O) groups excluding carboxylic acids is 2. The maximum Gasteiger partial charge on any atom is 0.472 e. The predicted octanol–water partition coefficient (Wildman–Crippen LogP) is 11.5. The molecule has 0 rings (SSSR count). The number of carbonyl (C=O) groups is 2. The number of ether oxygens (including phenoxy) is 2. The van der Waals surface area contributed by atoms with Gasteiger partial charge in [0, 0.05) is 12.8 Å². The predicted molar refractivity (Wildman–Crippen MR) is 244 cm³/mol. The standard InChI is InChI=1S/C48H80NO9P/c1-6-8-10-11-12-13-14-15-16-17-18-19-24-27-30-33-36-40-48(52)58-46(44-57-59(53,54)56-42-41-49(3,4)5)43-55-47(51)39-35-32-29-26-23-21-20-22-25-28-31-34-38-45(50)37-9-7-2/h8,10,12-13,15-16,18-21,25-26,28-29,34,38,45-46,50H,6-7,9,11,14,17,22-24,27,30-33,35-37,39-44H2,1-5H3/p+1/b10-8-,13-12-,16-15-,19-18-,21-20-,28-25-,29-26-,38-34-/t45-,46+/m0/s1. The lowest BCUT2D eigenvalue weighted by atomic mass is 10.1. The maximum absolute atomic E-state index is 12.7. The maximum atomic E-state index is 12.7. The smallest absolute Gasteiger partial charge is 0.462 e. The summed E-state index contributed by atoms with van der Waals surface area (Å²) in [5.74, 6) is -0.926. The van der Waals surface area contributed by atoms with Gasteiger partial charge in [0.1, 0.15) is 19.8 Å². The quantitative estimate of drug-likeness (QED) is 0.0205. The van der Waals surface area contributed by atoms with Crippen molar-refractivity contribution in [3.8, 4) is 0 Å². The number of likely N-dealkylation sites (N-methyl/N-ethyl adjacent to an activating group) is 1. The van der Waals surface area contributed by atoms with Gasteiger partial charge in [0.15, 0.2) is 6.10 Å². The fourth-order valence-electron chi connectivity index (χ4n) is 5.19. The first kappa shape index (κ1) is 55.9. The van der Waals surface area contributed by atoms with Gasteiger partial charge < -0.3 is 24.0 Å². The second-order valence-corrected chi connectivity index (χ2v) is 17.0. The highest BCUT2D eigenvalue weighted by Crippen LogP contribution is 2.43. The molecule has 0 fully saturated rings. The molecule has 0 heterocycles. The Hall–Kier alpha value is -3.11. The highest BCUT2D eigenvalue weighted by Gasteiger charge is 2.27. The number of esters is 2.